The average molecular weight is 274 g/mol. The van der Waals surface area contributed by atoms with Gasteiger partial charge in [0, 0.05) is 5.82 Å². The Morgan fingerprint density at radius 3 is 2.22 bits per heavy atom. The Morgan fingerprint density at radius 2 is 1.78 bits per heavy atom. The molecule has 0 N–H and O–H groups in total. The molecule has 0 aromatic heterocycles. The smallest absolute Gasteiger partial charge is 0.306 e. The van der Waals surface area contributed by atoms with E-state index >= 15 is 0 Å². The lowest BCUT2D eigenvalue weighted by atomic mass is 10.1. The molecule has 0 saturated heterocycles. The van der Waals surface area contributed by atoms with Gasteiger partial charge >= 0.3 is 7.60 Å². The van der Waals surface area contributed by atoms with E-state index in [1.807, 2.05) is 19.9 Å². The molecule has 0 fully saturated rings. The van der Waals surface area contributed by atoms with Crippen LogP contribution in [0.5, 0.6) is 0 Å². The molecular weight excluding hydrogens is 247 g/mol. The maximum absolute atomic E-state index is 12.2. The second-order valence-corrected chi connectivity index (χ2v) is 6.45. The lowest BCUT2D eigenvalue weighted by Gasteiger charge is -2.13. The van der Waals surface area contributed by atoms with Gasteiger partial charge in [-0.25, -0.2) is 0 Å². The van der Waals surface area contributed by atoms with Gasteiger partial charge in [-0.1, -0.05) is 24.6 Å². The molecule has 1 unspecified atom stereocenters. The molecule has 0 bridgehead atoms. The molecule has 3 nitrogen and oxygen atoms in total. The standard InChI is InChI=1S/C14H27O3P/c1-6-16-18(15,17-7-2)12-11-14(5)10-8-9-13(3)4/h9,11-12,14H,6-8,10H2,1-5H3. The lowest BCUT2D eigenvalue weighted by molar-refractivity contribution is 0.228. The van der Waals surface area contributed by atoms with Gasteiger partial charge in [0.15, 0.2) is 0 Å². The van der Waals surface area contributed by atoms with E-state index in [0.717, 1.165) is 12.8 Å². The molecule has 0 aliphatic carbocycles. The van der Waals surface area contributed by atoms with Crippen molar-refractivity contribution < 1.29 is 13.6 Å². The van der Waals surface area contributed by atoms with Crippen molar-refractivity contribution in [2.45, 2.75) is 47.5 Å². The van der Waals surface area contributed by atoms with Crippen LogP contribution in [0, 0.1) is 5.92 Å². The first-order valence-electron chi connectivity index (χ1n) is 6.65. The van der Waals surface area contributed by atoms with Crippen LogP contribution >= 0.6 is 7.60 Å². The largest absolute Gasteiger partial charge is 0.353 e. The Kier molecular flexibility index (Phi) is 9.35. The first-order chi connectivity index (χ1) is 8.43. The SMILES string of the molecule is CCOP(=O)(C=CC(C)CCC=C(C)C)OCC. The molecular formula is C14H27O3P. The van der Waals surface area contributed by atoms with E-state index in [4.69, 9.17) is 9.05 Å². The Bertz CT molecular complexity index is 307. The van der Waals surface area contributed by atoms with Crippen LogP contribution in [0.25, 0.3) is 0 Å². The van der Waals surface area contributed by atoms with Crippen LogP contribution in [0.15, 0.2) is 23.5 Å². The van der Waals surface area contributed by atoms with Gasteiger partial charge in [-0.3, -0.25) is 4.57 Å². The molecule has 0 rings (SSSR count). The van der Waals surface area contributed by atoms with Crippen LogP contribution in [0.4, 0.5) is 0 Å². The van der Waals surface area contributed by atoms with Gasteiger partial charge in [-0.15, -0.1) is 0 Å². The number of rotatable bonds is 9. The highest BCUT2D eigenvalue weighted by Crippen LogP contribution is 2.49. The summed E-state index contributed by atoms with van der Waals surface area (Å²) >= 11 is 0. The third-order valence-corrected chi connectivity index (χ3v) is 4.16. The monoisotopic (exact) mass is 274 g/mol. The Balaban J connectivity index is 4.31. The molecule has 18 heavy (non-hydrogen) atoms. The van der Waals surface area contributed by atoms with E-state index in [2.05, 4.69) is 26.8 Å². The quantitative estimate of drug-likeness (QED) is 0.431. The summed E-state index contributed by atoms with van der Waals surface area (Å²) in [6.45, 7) is 10.7. The topological polar surface area (TPSA) is 35.5 Å². The molecule has 4 heteroatoms. The molecule has 0 amide bonds. The maximum Gasteiger partial charge on any atom is 0.353 e. The average Bonchev–Trinajstić information content (AvgIpc) is 2.27. The molecule has 0 spiro atoms. The molecule has 0 radical (unpaired) electrons. The third kappa shape index (κ3) is 8.68. The summed E-state index contributed by atoms with van der Waals surface area (Å²) in [6, 6.07) is 0. The minimum absolute atomic E-state index is 0.370. The van der Waals surface area contributed by atoms with Gasteiger partial charge in [-0.05, 0) is 46.5 Å². The predicted octanol–water partition coefficient (Wildman–Crippen LogP) is 5.15. The zero-order chi connectivity index (χ0) is 14.0. The first kappa shape index (κ1) is 17.6. The van der Waals surface area contributed by atoms with Gasteiger partial charge in [0.1, 0.15) is 0 Å². The van der Waals surface area contributed by atoms with Crippen LogP contribution in [0.3, 0.4) is 0 Å². The number of hydrogen-bond acceptors (Lipinski definition) is 3. The first-order valence-corrected chi connectivity index (χ1v) is 8.26. The summed E-state index contributed by atoms with van der Waals surface area (Å²) in [7, 11) is -3.02. The van der Waals surface area contributed by atoms with E-state index in [-0.39, 0.29) is 0 Å². The van der Waals surface area contributed by atoms with E-state index in [9.17, 15) is 4.57 Å². The van der Waals surface area contributed by atoms with Crippen LogP contribution in [-0.2, 0) is 13.6 Å². The zero-order valence-electron chi connectivity index (χ0n) is 12.3. The van der Waals surface area contributed by atoms with E-state index < -0.39 is 7.60 Å². The molecule has 0 aromatic rings. The Labute approximate surface area is 112 Å². The highest BCUT2D eigenvalue weighted by atomic mass is 31.2. The minimum atomic E-state index is -3.02. The van der Waals surface area contributed by atoms with E-state index in [1.165, 1.54) is 5.57 Å². The summed E-state index contributed by atoms with van der Waals surface area (Å²) < 4.78 is 22.6. The van der Waals surface area contributed by atoms with Crippen molar-refractivity contribution in [3.63, 3.8) is 0 Å². The van der Waals surface area contributed by atoms with Crippen molar-refractivity contribution >= 4 is 7.60 Å². The Hall–Kier alpha value is -0.370. The summed E-state index contributed by atoms with van der Waals surface area (Å²) in [5, 5.41) is 0. The normalized spacial score (nSPS) is 13.8. The molecule has 106 valence electrons. The molecule has 0 aliphatic heterocycles. The predicted molar refractivity (Wildman–Crippen MR) is 77.8 cm³/mol. The summed E-state index contributed by atoms with van der Waals surface area (Å²) in [4.78, 5) is 0. The van der Waals surface area contributed by atoms with Crippen molar-refractivity contribution in [3.8, 4) is 0 Å². The van der Waals surface area contributed by atoms with Crippen molar-refractivity contribution in [1.29, 1.82) is 0 Å². The van der Waals surface area contributed by atoms with Crippen molar-refractivity contribution in [2.75, 3.05) is 13.2 Å². The van der Waals surface area contributed by atoms with Crippen LogP contribution < -0.4 is 0 Å². The molecule has 0 saturated carbocycles. The zero-order valence-corrected chi connectivity index (χ0v) is 13.2. The van der Waals surface area contributed by atoms with Crippen molar-refractivity contribution in [3.05, 3.63) is 23.5 Å². The van der Waals surface area contributed by atoms with Crippen LogP contribution in [0.2, 0.25) is 0 Å². The summed E-state index contributed by atoms with van der Waals surface area (Å²) in [6.07, 6.45) is 6.24. The second-order valence-electron chi connectivity index (χ2n) is 4.55. The summed E-state index contributed by atoms with van der Waals surface area (Å²) in [5.74, 6) is 1.97. The minimum Gasteiger partial charge on any atom is -0.306 e. The van der Waals surface area contributed by atoms with Crippen LogP contribution in [0.1, 0.15) is 47.5 Å². The third-order valence-electron chi connectivity index (χ3n) is 2.39. The lowest BCUT2D eigenvalue weighted by Crippen LogP contribution is -1.94. The molecule has 0 heterocycles. The highest BCUT2D eigenvalue weighted by Gasteiger charge is 2.18. The molecule has 1 atom stereocenters. The summed E-state index contributed by atoms with van der Waals surface area (Å²) in [5.41, 5.74) is 1.33. The van der Waals surface area contributed by atoms with Gasteiger partial charge in [-0.2, -0.15) is 0 Å². The van der Waals surface area contributed by atoms with Gasteiger partial charge < -0.3 is 9.05 Å². The fraction of sp³-hybridized carbons (Fsp3) is 0.714. The fourth-order valence-electron chi connectivity index (χ4n) is 1.47. The van der Waals surface area contributed by atoms with E-state index in [0.29, 0.717) is 19.1 Å². The second kappa shape index (κ2) is 9.55. The highest BCUT2D eigenvalue weighted by molar-refractivity contribution is 7.57. The Morgan fingerprint density at radius 1 is 1.22 bits per heavy atom. The number of hydrogen-bond donors (Lipinski definition) is 0. The van der Waals surface area contributed by atoms with Crippen LogP contribution in [-0.4, -0.2) is 13.2 Å². The van der Waals surface area contributed by atoms with E-state index in [1.54, 1.807) is 5.82 Å². The number of allylic oxidation sites excluding steroid dienone is 3. The fourth-order valence-corrected chi connectivity index (χ4v) is 2.94. The molecule has 0 aromatic carbocycles. The molecule has 0 aliphatic rings. The van der Waals surface area contributed by atoms with Crippen molar-refractivity contribution in [1.82, 2.24) is 0 Å². The van der Waals surface area contributed by atoms with Crippen molar-refractivity contribution in [2.24, 2.45) is 5.92 Å². The maximum atomic E-state index is 12.2. The van der Waals surface area contributed by atoms with Gasteiger partial charge in [0.2, 0.25) is 0 Å². The van der Waals surface area contributed by atoms with Gasteiger partial charge in [0.05, 0.1) is 13.2 Å². The van der Waals surface area contributed by atoms with Gasteiger partial charge in [0.25, 0.3) is 0 Å².